The second-order valence-electron chi connectivity index (χ2n) is 4.34. The Hall–Kier alpha value is -2.16. The van der Waals surface area contributed by atoms with Crippen molar-refractivity contribution in [1.82, 2.24) is 0 Å². The standard InChI is InChI=1S/C16H18O3/c1-3-11-10-12(4-2)15(18)16(14(11)17)19-13-8-6-5-7-9-13/h5-10,17-18H,3-4H2,1-2H3. The molecular formula is C16H18O3. The highest BCUT2D eigenvalue weighted by molar-refractivity contribution is 5.59. The number of phenols is 2. The first-order chi connectivity index (χ1) is 9.17. The Balaban J connectivity index is 2.49. The number of rotatable bonds is 4. The number of hydrogen-bond acceptors (Lipinski definition) is 3. The van der Waals surface area contributed by atoms with E-state index < -0.39 is 0 Å². The van der Waals surface area contributed by atoms with Crippen molar-refractivity contribution in [2.75, 3.05) is 0 Å². The summed E-state index contributed by atoms with van der Waals surface area (Å²) < 4.78 is 5.62. The Morgan fingerprint density at radius 1 is 0.895 bits per heavy atom. The molecule has 0 unspecified atom stereocenters. The minimum Gasteiger partial charge on any atom is -0.504 e. The molecule has 0 aliphatic carbocycles. The Kier molecular flexibility index (Phi) is 3.95. The summed E-state index contributed by atoms with van der Waals surface area (Å²) in [4.78, 5) is 0. The minimum absolute atomic E-state index is 0.0149. The zero-order valence-electron chi connectivity index (χ0n) is 11.2. The second kappa shape index (κ2) is 5.65. The Labute approximate surface area is 113 Å². The average molecular weight is 258 g/mol. The van der Waals surface area contributed by atoms with E-state index in [1.54, 1.807) is 12.1 Å². The van der Waals surface area contributed by atoms with Gasteiger partial charge in [0.15, 0.2) is 11.5 Å². The largest absolute Gasteiger partial charge is 0.504 e. The van der Waals surface area contributed by atoms with E-state index in [1.165, 1.54) is 0 Å². The molecule has 0 saturated heterocycles. The lowest BCUT2D eigenvalue weighted by molar-refractivity contribution is 0.371. The van der Waals surface area contributed by atoms with Gasteiger partial charge in [-0.1, -0.05) is 32.0 Å². The van der Waals surface area contributed by atoms with Crippen LogP contribution in [0.25, 0.3) is 0 Å². The van der Waals surface area contributed by atoms with Crippen LogP contribution in [-0.4, -0.2) is 10.2 Å². The Morgan fingerprint density at radius 2 is 1.42 bits per heavy atom. The molecule has 0 aliphatic heterocycles. The van der Waals surface area contributed by atoms with Crippen molar-refractivity contribution < 1.29 is 14.9 Å². The summed E-state index contributed by atoms with van der Waals surface area (Å²) in [7, 11) is 0. The van der Waals surface area contributed by atoms with E-state index in [1.807, 2.05) is 38.1 Å². The lowest BCUT2D eigenvalue weighted by Gasteiger charge is -2.15. The van der Waals surface area contributed by atoms with Crippen molar-refractivity contribution in [2.45, 2.75) is 26.7 Å². The number of aryl methyl sites for hydroxylation is 2. The highest BCUT2D eigenvalue weighted by Gasteiger charge is 2.17. The fourth-order valence-electron chi connectivity index (χ4n) is 1.99. The van der Waals surface area contributed by atoms with Gasteiger partial charge in [-0.2, -0.15) is 0 Å². The van der Waals surface area contributed by atoms with Crippen LogP contribution in [0.5, 0.6) is 23.0 Å². The van der Waals surface area contributed by atoms with Crippen LogP contribution in [-0.2, 0) is 12.8 Å². The predicted molar refractivity (Wildman–Crippen MR) is 75.0 cm³/mol. The summed E-state index contributed by atoms with van der Waals surface area (Å²) >= 11 is 0. The first-order valence-electron chi connectivity index (χ1n) is 6.46. The van der Waals surface area contributed by atoms with E-state index >= 15 is 0 Å². The number of para-hydroxylation sites is 1. The van der Waals surface area contributed by atoms with E-state index in [0.717, 1.165) is 11.1 Å². The monoisotopic (exact) mass is 258 g/mol. The molecule has 0 spiro atoms. The molecule has 0 aliphatic rings. The van der Waals surface area contributed by atoms with Crippen LogP contribution >= 0.6 is 0 Å². The number of benzene rings is 2. The summed E-state index contributed by atoms with van der Waals surface area (Å²) in [5.74, 6) is 0.757. The van der Waals surface area contributed by atoms with Gasteiger partial charge in [-0.05, 0) is 42.2 Å². The molecule has 100 valence electrons. The number of aromatic hydroxyl groups is 2. The molecule has 0 amide bonds. The second-order valence-corrected chi connectivity index (χ2v) is 4.34. The molecule has 19 heavy (non-hydrogen) atoms. The molecule has 0 bridgehead atoms. The zero-order valence-corrected chi connectivity index (χ0v) is 11.2. The van der Waals surface area contributed by atoms with Crippen LogP contribution in [0.1, 0.15) is 25.0 Å². The van der Waals surface area contributed by atoms with Crippen LogP contribution in [0, 0.1) is 0 Å². The van der Waals surface area contributed by atoms with E-state index in [-0.39, 0.29) is 17.2 Å². The molecular weight excluding hydrogens is 240 g/mol. The highest BCUT2D eigenvalue weighted by Crippen LogP contribution is 2.44. The van der Waals surface area contributed by atoms with Gasteiger partial charge in [-0.15, -0.1) is 0 Å². The van der Waals surface area contributed by atoms with Crippen molar-refractivity contribution in [2.24, 2.45) is 0 Å². The SMILES string of the molecule is CCc1cc(CC)c(O)c(Oc2ccccc2)c1O. The fourth-order valence-corrected chi connectivity index (χ4v) is 1.99. The third-order valence-corrected chi connectivity index (χ3v) is 3.11. The van der Waals surface area contributed by atoms with E-state index in [9.17, 15) is 10.2 Å². The summed E-state index contributed by atoms with van der Waals surface area (Å²) in [6.45, 7) is 3.91. The predicted octanol–water partition coefficient (Wildman–Crippen LogP) is 4.01. The molecule has 0 fully saturated rings. The van der Waals surface area contributed by atoms with Gasteiger partial charge in [-0.3, -0.25) is 0 Å². The van der Waals surface area contributed by atoms with Crippen molar-refractivity contribution in [3.05, 3.63) is 47.5 Å². The minimum atomic E-state index is 0.0149. The van der Waals surface area contributed by atoms with Gasteiger partial charge in [0, 0.05) is 0 Å². The van der Waals surface area contributed by atoms with E-state index in [0.29, 0.717) is 18.6 Å². The summed E-state index contributed by atoms with van der Waals surface area (Å²) in [6.07, 6.45) is 1.37. The highest BCUT2D eigenvalue weighted by atomic mass is 16.5. The summed E-state index contributed by atoms with van der Waals surface area (Å²) in [5, 5.41) is 20.3. The molecule has 0 radical (unpaired) electrons. The van der Waals surface area contributed by atoms with Gasteiger partial charge >= 0.3 is 0 Å². The Bertz CT molecular complexity index is 534. The van der Waals surface area contributed by atoms with Gasteiger partial charge in [0.05, 0.1) is 0 Å². The van der Waals surface area contributed by atoms with Gasteiger partial charge in [-0.25, -0.2) is 0 Å². The maximum Gasteiger partial charge on any atom is 0.211 e. The fraction of sp³-hybridized carbons (Fsp3) is 0.250. The van der Waals surface area contributed by atoms with Gasteiger partial charge in [0.25, 0.3) is 0 Å². The molecule has 0 atom stereocenters. The van der Waals surface area contributed by atoms with Crippen molar-refractivity contribution in [3.8, 4) is 23.0 Å². The third-order valence-electron chi connectivity index (χ3n) is 3.11. The van der Waals surface area contributed by atoms with Crippen molar-refractivity contribution in [3.63, 3.8) is 0 Å². The molecule has 0 heterocycles. The number of ether oxygens (including phenoxy) is 1. The smallest absolute Gasteiger partial charge is 0.211 e. The first kappa shape index (κ1) is 13.3. The maximum atomic E-state index is 10.2. The van der Waals surface area contributed by atoms with Crippen molar-refractivity contribution >= 4 is 0 Å². The lowest BCUT2D eigenvalue weighted by atomic mass is 10.0. The number of hydrogen-bond donors (Lipinski definition) is 2. The van der Waals surface area contributed by atoms with Crippen LogP contribution in [0.2, 0.25) is 0 Å². The topological polar surface area (TPSA) is 49.7 Å². The quantitative estimate of drug-likeness (QED) is 0.871. The van der Waals surface area contributed by atoms with E-state index in [2.05, 4.69) is 0 Å². The first-order valence-corrected chi connectivity index (χ1v) is 6.46. The molecule has 2 rings (SSSR count). The van der Waals surface area contributed by atoms with Crippen LogP contribution in [0.3, 0.4) is 0 Å². The maximum absolute atomic E-state index is 10.2. The van der Waals surface area contributed by atoms with Gasteiger partial charge < -0.3 is 14.9 Å². The summed E-state index contributed by atoms with van der Waals surface area (Å²) in [5.41, 5.74) is 1.56. The lowest BCUT2D eigenvalue weighted by Crippen LogP contribution is -1.94. The molecule has 2 N–H and O–H groups in total. The van der Waals surface area contributed by atoms with Crippen LogP contribution in [0.15, 0.2) is 36.4 Å². The van der Waals surface area contributed by atoms with Crippen molar-refractivity contribution in [1.29, 1.82) is 0 Å². The molecule has 0 aromatic heterocycles. The molecule has 3 nitrogen and oxygen atoms in total. The third kappa shape index (κ3) is 2.65. The molecule has 2 aromatic rings. The molecule has 0 saturated carbocycles. The summed E-state index contributed by atoms with van der Waals surface area (Å²) in [6, 6.07) is 10.9. The zero-order chi connectivity index (χ0) is 13.8. The molecule has 2 aromatic carbocycles. The number of phenolic OH excluding ortho intramolecular Hbond substituents is 2. The van der Waals surface area contributed by atoms with Gasteiger partial charge in [0.2, 0.25) is 5.75 Å². The normalized spacial score (nSPS) is 10.4. The van der Waals surface area contributed by atoms with E-state index in [4.69, 9.17) is 4.74 Å². The van der Waals surface area contributed by atoms with Crippen LogP contribution < -0.4 is 4.74 Å². The van der Waals surface area contributed by atoms with Gasteiger partial charge in [0.1, 0.15) is 5.75 Å². The Morgan fingerprint density at radius 3 is 1.89 bits per heavy atom. The van der Waals surface area contributed by atoms with Crippen LogP contribution in [0.4, 0.5) is 0 Å². The molecule has 3 heteroatoms. The average Bonchev–Trinajstić information content (AvgIpc) is 2.45.